The second-order valence-electron chi connectivity index (χ2n) is 5.75. The molecular weight excluding hydrogens is 381 g/mol. The number of nitrogens with one attached hydrogen (secondary N) is 1. The minimum atomic E-state index is -1.60. The van der Waals surface area contributed by atoms with Gasteiger partial charge in [0.05, 0.1) is 11.3 Å². The molecule has 1 aromatic carbocycles. The van der Waals surface area contributed by atoms with Gasteiger partial charge in [-0.15, -0.1) is 11.3 Å². The van der Waals surface area contributed by atoms with Gasteiger partial charge in [0, 0.05) is 23.0 Å². The zero-order valence-electron chi connectivity index (χ0n) is 13.4. The SMILES string of the molecule is O=C(Nc1ccc(F)c(F)c1F)c1c(-n2cccc2)sc2c1CCSC2. The lowest BCUT2D eigenvalue weighted by Gasteiger charge is -2.13. The molecule has 0 unspecified atom stereocenters. The van der Waals surface area contributed by atoms with E-state index in [9.17, 15) is 18.0 Å². The number of nitrogens with zero attached hydrogens (tertiary/aromatic N) is 1. The van der Waals surface area contributed by atoms with E-state index in [1.165, 1.54) is 11.3 Å². The van der Waals surface area contributed by atoms with Crippen molar-refractivity contribution in [1.29, 1.82) is 0 Å². The van der Waals surface area contributed by atoms with E-state index in [1.807, 2.05) is 29.1 Å². The standard InChI is InChI=1S/C18H13F3N2OS2/c19-11-3-4-12(16(21)15(11)20)22-17(24)14-10-5-8-25-9-13(10)26-18(14)23-6-1-2-7-23/h1-4,6-7H,5,8-9H2,(H,22,24). The summed E-state index contributed by atoms with van der Waals surface area (Å²) in [5, 5.41) is 3.14. The average molecular weight is 394 g/mol. The van der Waals surface area contributed by atoms with E-state index >= 15 is 0 Å². The number of thiophene rings is 1. The highest BCUT2D eigenvalue weighted by Crippen LogP contribution is 2.38. The van der Waals surface area contributed by atoms with Crippen molar-refractivity contribution in [2.24, 2.45) is 0 Å². The van der Waals surface area contributed by atoms with Crippen LogP contribution in [0.25, 0.3) is 5.00 Å². The minimum absolute atomic E-state index is 0.377. The number of carbonyl (C=O) groups excluding carboxylic acids is 1. The quantitative estimate of drug-likeness (QED) is 0.635. The third kappa shape index (κ3) is 2.93. The number of thioether (sulfide) groups is 1. The van der Waals surface area contributed by atoms with Crippen LogP contribution in [-0.2, 0) is 12.2 Å². The number of hydrogen-bond donors (Lipinski definition) is 1. The highest BCUT2D eigenvalue weighted by atomic mass is 32.2. The molecule has 0 fully saturated rings. The molecule has 3 heterocycles. The van der Waals surface area contributed by atoms with Crippen molar-refractivity contribution in [1.82, 2.24) is 4.57 Å². The Kier molecular flexibility index (Phi) is 4.54. The lowest BCUT2D eigenvalue weighted by molar-refractivity contribution is 0.102. The minimum Gasteiger partial charge on any atom is -0.319 e. The van der Waals surface area contributed by atoms with Crippen LogP contribution in [-0.4, -0.2) is 16.2 Å². The summed E-state index contributed by atoms with van der Waals surface area (Å²) in [5.74, 6) is -3.10. The number of benzene rings is 1. The Bertz CT molecular complexity index is 983. The number of amides is 1. The first-order valence-electron chi connectivity index (χ1n) is 7.86. The predicted octanol–water partition coefficient (Wildman–Crippen LogP) is 5.00. The van der Waals surface area contributed by atoms with Crippen LogP contribution in [0.5, 0.6) is 0 Å². The number of aromatic nitrogens is 1. The summed E-state index contributed by atoms with van der Waals surface area (Å²) in [5.41, 5.74) is 1.03. The van der Waals surface area contributed by atoms with Crippen LogP contribution in [0, 0.1) is 17.5 Å². The van der Waals surface area contributed by atoms with Crippen molar-refractivity contribution < 1.29 is 18.0 Å². The van der Waals surface area contributed by atoms with Gasteiger partial charge in [0.2, 0.25) is 0 Å². The number of halogens is 3. The van der Waals surface area contributed by atoms with Gasteiger partial charge in [0.15, 0.2) is 17.5 Å². The van der Waals surface area contributed by atoms with Crippen LogP contribution in [0.2, 0.25) is 0 Å². The second kappa shape index (κ2) is 6.85. The molecule has 0 atom stereocenters. The maximum absolute atomic E-state index is 13.9. The number of rotatable bonds is 3. The molecule has 1 aliphatic heterocycles. The zero-order chi connectivity index (χ0) is 18.3. The monoisotopic (exact) mass is 394 g/mol. The molecule has 0 radical (unpaired) electrons. The van der Waals surface area contributed by atoms with Crippen LogP contribution in [0.15, 0.2) is 36.7 Å². The smallest absolute Gasteiger partial charge is 0.259 e. The van der Waals surface area contributed by atoms with Crippen molar-refractivity contribution in [3.63, 3.8) is 0 Å². The maximum atomic E-state index is 13.9. The summed E-state index contributed by atoms with van der Waals surface area (Å²) in [6.07, 6.45) is 4.40. The molecular formula is C18H13F3N2OS2. The third-order valence-electron chi connectivity index (χ3n) is 4.15. The van der Waals surface area contributed by atoms with Gasteiger partial charge in [-0.3, -0.25) is 4.79 Å². The fourth-order valence-electron chi connectivity index (χ4n) is 2.91. The van der Waals surface area contributed by atoms with Gasteiger partial charge in [-0.05, 0) is 42.0 Å². The summed E-state index contributed by atoms with van der Waals surface area (Å²) >= 11 is 3.32. The van der Waals surface area contributed by atoms with Crippen molar-refractivity contribution in [3.8, 4) is 5.00 Å². The van der Waals surface area contributed by atoms with E-state index in [0.717, 1.165) is 45.5 Å². The molecule has 0 spiro atoms. The van der Waals surface area contributed by atoms with Crippen molar-refractivity contribution >= 4 is 34.7 Å². The fourth-order valence-corrected chi connectivity index (χ4v) is 5.35. The molecule has 8 heteroatoms. The number of carbonyl (C=O) groups is 1. The van der Waals surface area contributed by atoms with Crippen LogP contribution >= 0.6 is 23.1 Å². The van der Waals surface area contributed by atoms with Gasteiger partial charge < -0.3 is 9.88 Å². The molecule has 3 aromatic rings. The summed E-state index contributed by atoms with van der Waals surface area (Å²) in [6, 6.07) is 5.52. The Hall–Kier alpha value is -2.19. The van der Waals surface area contributed by atoms with Gasteiger partial charge in [-0.25, -0.2) is 13.2 Å². The highest BCUT2D eigenvalue weighted by Gasteiger charge is 2.27. The van der Waals surface area contributed by atoms with Crippen molar-refractivity contribution in [2.45, 2.75) is 12.2 Å². The molecule has 1 N–H and O–H groups in total. The Labute approximate surface area is 155 Å². The van der Waals surface area contributed by atoms with E-state index in [0.29, 0.717) is 5.56 Å². The largest absolute Gasteiger partial charge is 0.319 e. The molecule has 0 aliphatic carbocycles. The molecule has 2 aromatic heterocycles. The second-order valence-corrected chi connectivity index (χ2v) is 7.94. The first-order valence-corrected chi connectivity index (χ1v) is 9.84. The zero-order valence-corrected chi connectivity index (χ0v) is 15.0. The molecule has 1 aliphatic rings. The summed E-state index contributed by atoms with van der Waals surface area (Å²) < 4.78 is 42.3. The Morgan fingerprint density at radius 3 is 2.65 bits per heavy atom. The van der Waals surface area contributed by atoms with Gasteiger partial charge >= 0.3 is 0 Å². The van der Waals surface area contributed by atoms with E-state index in [1.54, 1.807) is 11.8 Å². The number of fused-ring (bicyclic) bond motifs is 1. The Morgan fingerprint density at radius 2 is 1.88 bits per heavy atom. The van der Waals surface area contributed by atoms with Gasteiger partial charge in [-0.1, -0.05) is 0 Å². The van der Waals surface area contributed by atoms with Gasteiger partial charge in [-0.2, -0.15) is 11.8 Å². The lowest BCUT2D eigenvalue weighted by atomic mass is 10.1. The van der Waals surface area contributed by atoms with Crippen molar-refractivity contribution in [2.75, 3.05) is 11.1 Å². The third-order valence-corrected chi connectivity index (χ3v) is 6.56. The van der Waals surface area contributed by atoms with E-state index in [2.05, 4.69) is 5.32 Å². The van der Waals surface area contributed by atoms with Gasteiger partial charge in [0.25, 0.3) is 5.91 Å². The van der Waals surface area contributed by atoms with Crippen LogP contribution in [0.3, 0.4) is 0 Å². The Balaban J connectivity index is 1.76. The first-order chi connectivity index (χ1) is 12.6. The van der Waals surface area contributed by atoms with Crippen LogP contribution < -0.4 is 5.32 Å². The molecule has 4 rings (SSSR count). The first kappa shape index (κ1) is 17.2. The maximum Gasteiger partial charge on any atom is 0.259 e. The van der Waals surface area contributed by atoms with Crippen LogP contribution in [0.1, 0.15) is 20.8 Å². The lowest BCUT2D eigenvalue weighted by Crippen LogP contribution is -2.18. The predicted molar refractivity (Wildman–Crippen MR) is 97.8 cm³/mol. The average Bonchev–Trinajstić information content (AvgIpc) is 3.29. The molecule has 0 saturated carbocycles. The summed E-state index contributed by atoms with van der Waals surface area (Å²) in [6.45, 7) is 0. The summed E-state index contributed by atoms with van der Waals surface area (Å²) in [7, 11) is 0. The molecule has 0 saturated heterocycles. The number of anilines is 1. The van der Waals surface area contributed by atoms with Gasteiger partial charge in [0.1, 0.15) is 5.00 Å². The molecule has 3 nitrogen and oxygen atoms in total. The molecule has 0 bridgehead atoms. The molecule has 1 amide bonds. The number of hydrogen-bond acceptors (Lipinski definition) is 3. The van der Waals surface area contributed by atoms with E-state index in [-0.39, 0.29) is 5.69 Å². The van der Waals surface area contributed by atoms with Crippen molar-refractivity contribution in [3.05, 3.63) is 70.1 Å². The Morgan fingerprint density at radius 1 is 1.12 bits per heavy atom. The fraction of sp³-hybridized carbons (Fsp3) is 0.167. The van der Waals surface area contributed by atoms with Crippen LogP contribution in [0.4, 0.5) is 18.9 Å². The summed E-state index contributed by atoms with van der Waals surface area (Å²) in [4.78, 5) is 14.0. The highest BCUT2D eigenvalue weighted by molar-refractivity contribution is 7.98. The normalized spacial score (nSPS) is 13.5. The van der Waals surface area contributed by atoms with E-state index in [4.69, 9.17) is 0 Å². The molecule has 26 heavy (non-hydrogen) atoms. The topological polar surface area (TPSA) is 34.0 Å². The van der Waals surface area contributed by atoms with E-state index < -0.39 is 23.4 Å². The molecule has 134 valence electrons.